The number of rotatable bonds is 4. The summed E-state index contributed by atoms with van der Waals surface area (Å²) in [5, 5.41) is 5.46. The molecule has 0 fully saturated rings. The molecule has 1 aliphatic heterocycles. The van der Waals surface area contributed by atoms with Crippen molar-refractivity contribution in [2.45, 2.75) is 6.54 Å². The average Bonchev–Trinajstić information content (AvgIpc) is 3.13. The van der Waals surface area contributed by atoms with E-state index in [0.29, 0.717) is 33.7 Å². The van der Waals surface area contributed by atoms with Crippen LogP contribution in [0.2, 0.25) is 0 Å². The molecule has 4 aromatic rings. The van der Waals surface area contributed by atoms with Crippen LogP contribution in [-0.2, 0) is 16.1 Å². The number of benzene rings is 3. The summed E-state index contributed by atoms with van der Waals surface area (Å²) in [4.78, 5) is 51.0. The van der Waals surface area contributed by atoms with E-state index in [2.05, 4.69) is 10.6 Å². The highest BCUT2D eigenvalue weighted by Crippen LogP contribution is 2.30. The van der Waals surface area contributed by atoms with Gasteiger partial charge >= 0.3 is 5.76 Å². The number of para-hydroxylation sites is 4. The predicted molar refractivity (Wildman–Crippen MR) is 122 cm³/mol. The maximum absolute atomic E-state index is 13.0. The lowest BCUT2D eigenvalue weighted by molar-refractivity contribution is -0.117. The molecule has 0 atom stereocenters. The Morgan fingerprint density at radius 2 is 1.67 bits per heavy atom. The van der Waals surface area contributed by atoms with Gasteiger partial charge in [0.15, 0.2) is 5.58 Å². The molecule has 2 N–H and O–H groups in total. The Balaban J connectivity index is 1.30. The first-order chi connectivity index (χ1) is 16.0. The van der Waals surface area contributed by atoms with Crippen LogP contribution in [0.3, 0.4) is 0 Å². The number of nitrogens with zero attached hydrogens (tertiary/aromatic N) is 2. The van der Waals surface area contributed by atoms with E-state index in [0.717, 1.165) is 0 Å². The second kappa shape index (κ2) is 8.12. The van der Waals surface area contributed by atoms with Crippen LogP contribution >= 0.6 is 0 Å². The predicted octanol–water partition coefficient (Wildman–Crippen LogP) is 2.83. The Morgan fingerprint density at radius 3 is 2.48 bits per heavy atom. The fourth-order valence-electron chi connectivity index (χ4n) is 3.77. The van der Waals surface area contributed by atoms with Crippen LogP contribution in [0.25, 0.3) is 11.1 Å². The molecule has 164 valence electrons. The van der Waals surface area contributed by atoms with Gasteiger partial charge in [0.2, 0.25) is 11.8 Å². The number of hydrogen-bond donors (Lipinski definition) is 2. The van der Waals surface area contributed by atoms with Crippen LogP contribution in [0.15, 0.2) is 82.0 Å². The van der Waals surface area contributed by atoms with E-state index in [4.69, 9.17) is 4.42 Å². The van der Waals surface area contributed by atoms with Gasteiger partial charge in [-0.05, 0) is 48.5 Å². The molecule has 5 rings (SSSR count). The highest BCUT2D eigenvalue weighted by molar-refractivity contribution is 6.15. The lowest BCUT2D eigenvalue weighted by Gasteiger charge is -2.29. The van der Waals surface area contributed by atoms with Crippen LogP contribution < -0.4 is 21.3 Å². The Hall–Kier alpha value is -4.66. The fourth-order valence-corrected chi connectivity index (χ4v) is 3.77. The van der Waals surface area contributed by atoms with Crippen molar-refractivity contribution >= 4 is 45.9 Å². The zero-order chi connectivity index (χ0) is 22.9. The minimum atomic E-state index is -0.613. The molecule has 0 aliphatic carbocycles. The van der Waals surface area contributed by atoms with Gasteiger partial charge in [0.05, 0.1) is 16.9 Å². The summed E-state index contributed by atoms with van der Waals surface area (Å²) in [5.74, 6) is -1.62. The standard InChI is InChI=1S/C24H18N4O5/c29-21(14-28-19-7-3-4-8-20(19)33-24(28)32)25-16-11-9-15(10-12-16)23(31)27-13-22(30)26-17-5-1-2-6-18(17)27/h1-12H,13-14H2,(H,25,29)(H,26,30). The summed E-state index contributed by atoms with van der Waals surface area (Å²) < 4.78 is 6.39. The monoisotopic (exact) mass is 442 g/mol. The molecule has 0 unspecified atom stereocenters. The molecule has 1 aliphatic rings. The second-order valence-electron chi connectivity index (χ2n) is 7.50. The number of carbonyl (C=O) groups is 3. The van der Waals surface area contributed by atoms with Crippen LogP contribution in [0.5, 0.6) is 0 Å². The third-order valence-electron chi connectivity index (χ3n) is 5.31. The first-order valence-corrected chi connectivity index (χ1v) is 10.2. The minimum Gasteiger partial charge on any atom is -0.408 e. The quantitative estimate of drug-likeness (QED) is 0.505. The normalized spacial score (nSPS) is 12.8. The largest absolute Gasteiger partial charge is 0.420 e. The number of oxazole rings is 1. The van der Waals surface area contributed by atoms with Crippen molar-refractivity contribution in [1.82, 2.24) is 4.57 Å². The van der Waals surface area contributed by atoms with E-state index in [1.807, 2.05) is 0 Å². The smallest absolute Gasteiger partial charge is 0.408 e. The highest BCUT2D eigenvalue weighted by Gasteiger charge is 2.27. The van der Waals surface area contributed by atoms with Gasteiger partial charge in [-0.15, -0.1) is 0 Å². The molecule has 3 aromatic carbocycles. The molecule has 0 radical (unpaired) electrons. The van der Waals surface area contributed by atoms with Gasteiger partial charge < -0.3 is 15.1 Å². The summed E-state index contributed by atoms with van der Waals surface area (Å²) in [6.45, 7) is -0.294. The van der Waals surface area contributed by atoms with Crippen LogP contribution in [0, 0.1) is 0 Å². The molecule has 9 nitrogen and oxygen atoms in total. The molecule has 0 spiro atoms. The van der Waals surface area contributed by atoms with Crippen molar-refractivity contribution in [2.75, 3.05) is 22.1 Å². The Morgan fingerprint density at radius 1 is 0.939 bits per heavy atom. The highest BCUT2D eigenvalue weighted by atomic mass is 16.4. The third-order valence-corrected chi connectivity index (χ3v) is 5.31. The first-order valence-electron chi connectivity index (χ1n) is 10.2. The van der Waals surface area contributed by atoms with E-state index in [1.165, 1.54) is 9.47 Å². The molecule has 0 bridgehead atoms. The van der Waals surface area contributed by atoms with Crippen molar-refractivity contribution in [3.8, 4) is 0 Å². The Kier molecular flexibility index (Phi) is 4.98. The number of carbonyl (C=O) groups excluding carboxylic acids is 3. The number of fused-ring (bicyclic) bond motifs is 2. The van der Waals surface area contributed by atoms with E-state index in [-0.39, 0.29) is 24.9 Å². The average molecular weight is 442 g/mol. The van der Waals surface area contributed by atoms with Gasteiger partial charge in [-0.25, -0.2) is 4.79 Å². The van der Waals surface area contributed by atoms with E-state index < -0.39 is 11.7 Å². The molecule has 0 saturated carbocycles. The number of nitrogens with one attached hydrogen (secondary N) is 2. The molecule has 33 heavy (non-hydrogen) atoms. The van der Waals surface area contributed by atoms with Crippen molar-refractivity contribution < 1.29 is 18.8 Å². The molecule has 9 heteroatoms. The second-order valence-corrected chi connectivity index (χ2v) is 7.50. The van der Waals surface area contributed by atoms with Crippen molar-refractivity contribution in [3.63, 3.8) is 0 Å². The van der Waals surface area contributed by atoms with Crippen molar-refractivity contribution in [1.29, 1.82) is 0 Å². The zero-order valence-corrected chi connectivity index (χ0v) is 17.3. The van der Waals surface area contributed by atoms with E-state index >= 15 is 0 Å². The fraction of sp³-hybridized carbons (Fsp3) is 0.0833. The van der Waals surface area contributed by atoms with Gasteiger partial charge in [0.25, 0.3) is 5.91 Å². The van der Waals surface area contributed by atoms with Gasteiger partial charge in [0, 0.05) is 11.3 Å². The minimum absolute atomic E-state index is 0.0816. The molecule has 0 saturated heterocycles. The van der Waals surface area contributed by atoms with Gasteiger partial charge in [-0.3, -0.25) is 23.9 Å². The SMILES string of the molecule is O=C(Cn1c(=O)oc2ccccc21)Nc1ccc(C(=O)N2CC(=O)Nc3ccccc32)cc1. The van der Waals surface area contributed by atoms with Crippen molar-refractivity contribution in [2.24, 2.45) is 0 Å². The maximum atomic E-state index is 13.0. The van der Waals surface area contributed by atoms with Crippen LogP contribution in [0.1, 0.15) is 10.4 Å². The summed E-state index contributed by atoms with van der Waals surface area (Å²) in [7, 11) is 0. The lowest BCUT2D eigenvalue weighted by atomic mass is 10.1. The zero-order valence-electron chi connectivity index (χ0n) is 17.3. The summed E-state index contributed by atoms with van der Waals surface area (Å²) >= 11 is 0. The Bertz CT molecular complexity index is 1450. The van der Waals surface area contributed by atoms with Gasteiger partial charge in [-0.1, -0.05) is 24.3 Å². The molecule has 3 amide bonds. The topological polar surface area (TPSA) is 114 Å². The van der Waals surface area contributed by atoms with Gasteiger partial charge in [0.1, 0.15) is 13.1 Å². The molecule has 2 heterocycles. The van der Waals surface area contributed by atoms with Gasteiger partial charge in [-0.2, -0.15) is 0 Å². The van der Waals surface area contributed by atoms with Crippen molar-refractivity contribution in [3.05, 3.63) is 88.9 Å². The Labute approximate surface area is 187 Å². The summed E-state index contributed by atoms with van der Waals surface area (Å²) in [5.41, 5.74) is 2.98. The number of amides is 3. The third kappa shape index (κ3) is 3.87. The molecule has 1 aromatic heterocycles. The molecular weight excluding hydrogens is 424 g/mol. The van der Waals surface area contributed by atoms with E-state index in [9.17, 15) is 19.2 Å². The van der Waals surface area contributed by atoms with Crippen LogP contribution in [-0.4, -0.2) is 28.8 Å². The lowest BCUT2D eigenvalue weighted by Crippen LogP contribution is -2.42. The van der Waals surface area contributed by atoms with Crippen LogP contribution in [0.4, 0.5) is 17.1 Å². The number of hydrogen-bond acceptors (Lipinski definition) is 5. The summed E-state index contributed by atoms with van der Waals surface area (Å²) in [6, 6.07) is 20.3. The maximum Gasteiger partial charge on any atom is 0.420 e. The van der Waals surface area contributed by atoms with E-state index in [1.54, 1.807) is 72.8 Å². The number of anilines is 3. The summed E-state index contributed by atoms with van der Waals surface area (Å²) in [6.07, 6.45) is 0. The first kappa shape index (κ1) is 20.3. The molecular formula is C24H18N4O5. The number of aromatic nitrogens is 1.